The van der Waals surface area contributed by atoms with Crippen LogP contribution in [0.3, 0.4) is 0 Å². The van der Waals surface area contributed by atoms with Gasteiger partial charge < -0.3 is 10.2 Å². The third-order valence-corrected chi connectivity index (χ3v) is 8.55. The van der Waals surface area contributed by atoms with E-state index >= 15 is 0 Å². The maximum atomic E-state index is 13.9. The molecular formula is C27H28BrCl2N3O4S. The Labute approximate surface area is 241 Å². The highest BCUT2D eigenvalue weighted by atomic mass is 79.9. The van der Waals surface area contributed by atoms with Crippen molar-refractivity contribution in [1.29, 1.82) is 0 Å². The molecule has 38 heavy (non-hydrogen) atoms. The molecule has 1 unspecified atom stereocenters. The number of carbonyl (C=O) groups is 2. The smallest absolute Gasteiger partial charge is 0.264 e. The molecule has 1 atom stereocenters. The van der Waals surface area contributed by atoms with Crippen molar-refractivity contribution in [1.82, 2.24) is 10.2 Å². The maximum absolute atomic E-state index is 13.9. The summed E-state index contributed by atoms with van der Waals surface area (Å²) in [6.45, 7) is 3.51. The zero-order valence-corrected chi connectivity index (χ0v) is 24.8. The number of nitrogens with one attached hydrogen (secondary N) is 1. The molecule has 11 heteroatoms. The average Bonchev–Trinajstić information content (AvgIpc) is 2.89. The van der Waals surface area contributed by atoms with E-state index in [4.69, 9.17) is 23.2 Å². The van der Waals surface area contributed by atoms with Crippen molar-refractivity contribution in [2.75, 3.05) is 17.4 Å². The summed E-state index contributed by atoms with van der Waals surface area (Å²) in [5.41, 5.74) is 0.864. The SMILES string of the molecule is CCCNC(=O)C(C)N(Cc1cccc(Br)c1)C(=O)CN(c1ccc(Cl)cc1Cl)S(=O)(=O)c1ccccc1. The Morgan fingerprint density at radius 2 is 1.71 bits per heavy atom. The van der Waals surface area contributed by atoms with Crippen LogP contribution in [-0.2, 0) is 26.2 Å². The monoisotopic (exact) mass is 639 g/mol. The van der Waals surface area contributed by atoms with Crippen LogP contribution in [0.4, 0.5) is 5.69 Å². The number of anilines is 1. The van der Waals surface area contributed by atoms with Gasteiger partial charge in [-0.25, -0.2) is 8.42 Å². The lowest BCUT2D eigenvalue weighted by Crippen LogP contribution is -2.51. The highest BCUT2D eigenvalue weighted by Gasteiger charge is 2.33. The summed E-state index contributed by atoms with van der Waals surface area (Å²) in [6, 6.07) is 18.6. The first kappa shape index (κ1) is 30.0. The number of benzene rings is 3. The Morgan fingerprint density at radius 3 is 2.34 bits per heavy atom. The summed E-state index contributed by atoms with van der Waals surface area (Å²) < 4.78 is 29.3. The standard InChI is InChI=1S/C27H28BrCl2N3O4S/c1-3-14-31-27(35)19(2)32(17-20-8-7-9-21(28)15-20)26(34)18-33(25-13-12-22(29)16-24(25)30)38(36,37)23-10-5-4-6-11-23/h4-13,15-16,19H,3,14,17-18H2,1-2H3,(H,31,35). The second kappa shape index (κ2) is 13.5. The van der Waals surface area contributed by atoms with Gasteiger partial charge in [0.1, 0.15) is 12.6 Å². The first-order chi connectivity index (χ1) is 18.0. The molecule has 0 spiro atoms. The molecule has 0 saturated heterocycles. The van der Waals surface area contributed by atoms with Crippen molar-refractivity contribution in [3.05, 3.63) is 92.9 Å². The topological polar surface area (TPSA) is 86.8 Å². The summed E-state index contributed by atoms with van der Waals surface area (Å²) in [6.07, 6.45) is 0.732. The molecule has 0 fully saturated rings. The van der Waals surface area contributed by atoms with Crippen LogP contribution in [0.1, 0.15) is 25.8 Å². The van der Waals surface area contributed by atoms with Gasteiger partial charge in [0.05, 0.1) is 15.6 Å². The van der Waals surface area contributed by atoms with Gasteiger partial charge in [-0.2, -0.15) is 0 Å². The molecule has 3 aromatic rings. The van der Waals surface area contributed by atoms with Crippen molar-refractivity contribution >= 4 is 66.7 Å². The van der Waals surface area contributed by atoms with Crippen LogP contribution < -0.4 is 9.62 Å². The van der Waals surface area contributed by atoms with Gasteiger partial charge in [0.15, 0.2) is 0 Å². The number of halogens is 3. The number of hydrogen-bond acceptors (Lipinski definition) is 4. The fourth-order valence-electron chi connectivity index (χ4n) is 3.73. The van der Waals surface area contributed by atoms with Gasteiger partial charge in [-0.1, -0.05) is 76.4 Å². The van der Waals surface area contributed by atoms with E-state index in [1.165, 1.54) is 35.2 Å². The number of carbonyl (C=O) groups excluding carboxylic acids is 2. The van der Waals surface area contributed by atoms with Crippen LogP contribution in [-0.4, -0.2) is 44.3 Å². The molecule has 0 aliphatic rings. The molecule has 3 rings (SSSR count). The average molecular weight is 641 g/mol. The maximum Gasteiger partial charge on any atom is 0.264 e. The van der Waals surface area contributed by atoms with Crippen molar-refractivity contribution < 1.29 is 18.0 Å². The molecule has 0 aliphatic heterocycles. The minimum Gasteiger partial charge on any atom is -0.354 e. The molecule has 7 nitrogen and oxygen atoms in total. The Balaban J connectivity index is 2.04. The highest BCUT2D eigenvalue weighted by molar-refractivity contribution is 9.10. The Kier molecular flexibility index (Phi) is 10.6. The molecule has 0 heterocycles. The van der Waals surface area contributed by atoms with E-state index in [2.05, 4.69) is 21.2 Å². The summed E-state index contributed by atoms with van der Waals surface area (Å²) in [4.78, 5) is 28.1. The van der Waals surface area contributed by atoms with Crippen LogP contribution in [0.15, 0.2) is 82.2 Å². The number of hydrogen-bond donors (Lipinski definition) is 1. The van der Waals surface area contributed by atoms with Crippen molar-refractivity contribution in [3.8, 4) is 0 Å². The van der Waals surface area contributed by atoms with E-state index in [0.29, 0.717) is 11.6 Å². The van der Waals surface area contributed by atoms with E-state index in [-0.39, 0.29) is 28.1 Å². The Bertz CT molecular complexity index is 1390. The van der Waals surface area contributed by atoms with E-state index in [0.717, 1.165) is 20.8 Å². The molecule has 0 radical (unpaired) electrons. The molecule has 0 aromatic heterocycles. The number of sulfonamides is 1. The summed E-state index contributed by atoms with van der Waals surface area (Å²) in [7, 11) is -4.21. The predicted molar refractivity (Wildman–Crippen MR) is 155 cm³/mol. The largest absolute Gasteiger partial charge is 0.354 e. The molecule has 0 aliphatic carbocycles. The molecule has 0 bridgehead atoms. The molecular weight excluding hydrogens is 613 g/mol. The van der Waals surface area contributed by atoms with E-state index < -0.39 is 28.5 Å². The van der Waals surface area contributed by atoms with Gasteiger partial charge in [-0.15, -0.1) is 0 Å². The summed E-state index contributed by atoms with van der Waals surface area (Å²) in [5, 5.41) is 3.20. The fraction of sp³-hybridized carbons (Fsp3) is 0.259. The second-order valence-electron chi connectivity index (χ2n) is 8.54. The summed E-state index contributed by atoms with van der Waals surface area (Å²) in [5.74, 6) is -0.910. The minimum atomic E-state index is -4.21. The van der Waals surface area contributed by atoms with Gasteiger partial charge in [0.2, 0.25) is 11.8 Å². The molecule has 1 N–H and O–H groups in total. The van der Waals surface area contributed by atoms with Crippen LogP contribution in [0.25, 0.3) is 0 Å². The van der Waals surface area contributed by atoms with E-state index in [1.54, 1.807) is 25.1 Å². The van der Waals surface area contributed by atoms with Gasteiger partial charge >= 0.3 is 0 Å². The molecule has 202 valence electrons. The lowest BCUT2D eigenvalue weighted by molar-refractivity contribution is -0.139. The Hall–Kier alpha value is -2.59. The molecule has 3 aromatic carbocycles. The van der Waals surface area contributed by atoms with Crippen molar-refractivity contribution in [3.63, 3.8) is 0 Å². The third kappa shape index (κ3) is 7.50. The van der Waals surface area contributed by atoms with Gasteiger partial charge in [0.25, 0.3) is 10.0 Å². The number of amides is 2. The quantitative estimate of drug-likeness (QED) is 0.283. The lowest BCUT2D eigenvalue weighted by Gasteiger charge is -2.32. The van der Waals surface area contributed by atoms with E-state index in [1.807, 2.05) is 31.2 Å². The second-order valence-corrected chi connectivity index (χ2v) is 12.2. The van der Waals surface area contributed by atoms with Gasteiger partial charge in [0, 0.05) is 22.6 Å². The fourth-order valence-corrected chi connectivity index (χ4v) is 6.19. The van der Waals surface area contributed by atoms with Gasteiger partial charge in [-0.3, -0.25) is 13.9 Å². The van der Waals surface area contributed by atoms with Crippen molar-refractivity contribution in [2.24, 2.45) is 0 Å². The van der Waals surface area contributed by atoms with E-state index in [9.17, 15) is 18.0 Å². The van der Waals surface area contributed by atoms with Crippen molar-refractivity contribution in [2.45, 2.75) is 37.8 Å². The normalized spacial score (nSPS) is 12.0. The lowest BCUT2D eigenvalue weighted by atomic mass is 10.1. The van der Waals surface area contributed by atoms with Gasteiger partial charge in [-0.05, 0) is 61.4 Å². The third-order valence-electron chi connectivity index (χ3n) is 5.75. The minimum absolute atomic E-state index is 0.00825. The molecule has 2 amide bonds. The zero-order valence-electron chi connectivity index (χ0n) is 20.9. The van der Waals surface area contributed by atoms with Crippen LogP contribution in [0.2, 0.25) is 10.0 Å². The summed E-state index contributed by atoms with van der Waals surface area (Å²) >= 11 is 15.9. The highest BCUT2D eigenvalue weighted by Crippen LogP contribution is 2.33. The number of nitrogens with zero attached hydrogens (tertiary/aromatic N) is 2. The van der Waals surface area contributed by atoms with Crippen LogP contribution >= 0.6 is 39.1 Å². The predicted octanol–water partition coefficient (Wildman–Crippen LogP) is 5.89. The zero-order chi connectivity index (χ0) is 27.9. The number of rotatable bonds is 11. The Morgan fingerprint density at radius 1 is 1.00 bits per heavy atom. The first-order valence-corrected chi connectivity index (χ1v) is 14.9. The first-order valence-electron chi connectivity index (χ1n) is 11.9. The van der Waals surface area contributed by atoms with Crippen LogP contribution in [0.5, 0.6) is 0 Å². The molecule has 0 saturated carbocycles. The van der Waals surface area contributed by atoms with Crippen LogP contribution in [0, 0.1) is 0 Å².